The predicted molar refractivity (Wildman–Crippen MR) is 127 cm³/mol. The van der Waals surface area contributed by atoms with Crippen molar-refractivity contribution in [1.29, 1.82) is 0 Å². The molecule has 6 nitrogen and oxygen atoms in total. The number of oxazole rings is 1. The highest BCUT2D eigenvalue weighted by Crippen LogP contribution is 2.28. The molecule has 0 saturated heterocycles. The summed E-state index contributed by atoms with van der Waals surface area (Å²) in [6.07, 6.45) is 2.40. The summed E-state index contributed by atoms with van der Waals surface area (Å²) in [5.41, 5.74) is 4.40. The zero-order chi connectivity index (χ0) is 23.2. The van der Waals surface area contributed by atoms with E-state index in [9.17, 15) is 9.59 Å². The molecule has 4 rings (SSSR count). The molecule has 0 aliphatic rings. The van der Waals surface area contributed by atoms with E-state index in [1.807, 2.05) is 62.4 Å². The molecule has 0 atom stereocenters. The highest BCUT2D eigenvalue weighted by atomic mass is 16.5. The fourth-order valence-corrected chi connectivity index (χ4v) is 3.57. The molecule has 0 spiro atoms. The number of carbonyl (C=O) groups is 2. The van der Waals surface area contributed by atoms with E-state index in [4.69, 9.17) is 9.15 Å². The Kier molecular flexibility index (Phi) is 6.64. The molecule has 0 aliphatic heterocycles. The lowest BCUT2D eigenvalue weighted by Gasteiger charge is -2.13. The summed E-state index contributed by atoms with van der Waals surface area (Å²) < 4.78 is 11.2. The highest BCUT2D eigenvalue weighted by Gasteiger charge is 2.19. The fourth-order valence-electron chi connectivity index (χ4n) is 3.57. The third-order valence-electron chi connectivity index (χ3n) is 5.28. The molecule has 0 unspecified atom stereocenters. The Morgan fingerprint density at radius 3 is 2.52 bits per heavy atom. The average molecular weight is 440 g/mol. The van der Waals surface area contributed by atoms with Crippen LogP contribution in [0.4, 0.5) is 5.69 Å². The minimum Gasteiger partial charge on any atom is -0.452 e. The summed E-state index contributed by atoms with van der Waals surface area (Å²) in [6.45, 7) is 3.55. The van der Waals surface area contributed by atoms with Gasteiger partial charge in [-0.2, -0.15) is 0 Å². The molecule has 3 aromatic carbocycles. The first-order valence-electron chi connectivity index (χ1n) is 10.7. The fraction of sp³-hybridized carbons (Fsp3) is 0.148. The maximum Gasteiger partial charge on any atom is 0.339 e. The first-order valence-corrected chi connectivity index (χ1v) is 10.7. The maximum atomic E-state index is 12.8. The van der Waals surface area contributed by atoms with E-state index >= 15 is 0 Å². The quantitative estimate of drug-likeness (QED) is 0.374. The zero-order valence-electron chi connectivity index (χ0n) is 18.5. The van der Waals surface area contributed by atoms with Gasteiger partial charge in [-0.25, -0.2) is 9.78 Å². The molecule has 4 aromatic rings. The number of hydrogen-bond donors (Lipinski definition) is 1. The van der Waals surface area contributed by atoms with Crippen LogP contribution >= 0.6 is 0 Å². The van der Waals surface area contributed by atoms with E-state index in [2.05, 4.69) is 10.3 Å². The van der Waals surface area contributed by atoms with Crippen molar-refractivity contribution in [3.8, 4) is 22.8 Å². The predicted octanol–water partition coefficient (Wildman–Crippen LogP) is 5.67. The Hall–Kier alpha value is -4.19. The minimum absolute atomic E-state index is 0.275. The van der Waals surface area contributed by atoms with E-state index in [1.165, 1.54) is 0 Å². The van der Waals surface area contributed by atoms with Crippen molar-refractivity contribution in [2.24, 2.45) is 0 Å². The van der Waals surface area contributed by atoms with Gasteiger partial charge in [-0.1, -0.05) is 67.6 Å². The molecule has 1 aromatic heterocycles. The van der Waals surface area contributed by atoms with Crippen molar-refractivity contribution in [2.75, 3.05) is 11.9 Å². The number of hydrogen-bond acceptors (Lipinski definition) is 5. The van der Waals surface area contributed by atoms with Crippen LogP contribution in [0.3, 0.4) is 0 Å². The van der Waals surface area contributed by atoms with Crippen molar-refractivity contribution in [1.82, 2.24) is 4.98 Å². The summed E-state index contributed by atoms with van der Waals surface area (Å²) in [4.78, 5) is 29.6. The van der Waals surface area contributed by atoms with Crippen LogP contribution < -0.4 is 5.32 Å². The van der Waals surface area contributed by atoms with Gasteiger partial charge in [0.15, 0.2) is 12.4 Å². The Bertz CT molecular complexity index is 1280. The number of amides is 1. The number of nitrogens with zero attached hydrogens (tertiary/aromatic N) is 1. The van der Waals surface area contributed by atoms with E-state index in [1.54, 1.807) is 30.5 Å². The average Bonchev–Trinajstić information content (AvgIpc) is 3.34. The van der Waals surface area contributed by atoms with Crippen molar-refractivity contribution >= 4 is 17.6 Å². The minimum atomic E-state index is -0.624. The van der Waals surface area contributed by atoms with Crippen LogP contribution in [0.15, 0.2) is 83.4 Å². The van der Waals surface area contributed by atoms with Gasteiger partial charge in [0.05, 0.1) is 17.3 Å². The van der Waals surface area contributed by atoms with Gasteiger partial charge < -0.3 is 14.5 Å². The molecule has 33 heavy (non-hydrogen) atoms. The number of ether oxygens (including phenoxy) is 1. The molecular weight excluding hydrogens is 416 g/mol. The summed E-state index contributed by atoms with van der Waals surface area (Å²) in [6, 6.07) is 22.3. The molecule has 6 heteroatoms. The Labute approximate surface area is 192 Å². The lowest BCUT2D eigenvalue weighted by Crippen LogP contribution is -2.22. The molecule has 0 aliphatic carbocycles. The molecule has 1 heterocycles. The van der Waals surface area contributed by atoms with Crippen molar-refractivity contribution in [3.63, 3.8) is 0 Å². The topological polar surface area (TPSA) is 81.4 Å². The lowest BCUT2D eigenvalue weighted by atomic mass is 10.1. The lowest BCUT2D eigenvalue weighted by molar-refractivity contribution is -0.119. The molecule has 0 fully saturated rings. The second-order valence-electron chi connectivity index (χ2n) is 7.53. The maximum absolute atomic E-state index is 12.8. The third-order valence-corrected chi connectivity index (χ3v) is 5.28. The van der Waals surface area contributed by atoms with Crippen LogP contribution in [0.1, 0.15) is 28.4 Å². The summed E-state index contributed by atoms with van der Waals surface area (Å²) in [5, 5.41) is 2.86. The van der Waals surface area contributed by atoms with Gasteiger partial charge in [-0.3, -0.25) is 4.79 Å². The molecule has 0 saturated carbocycles. The molecule has 1 amide bonds. The van der Waals surface area contributed by atoms with Crippen molar-refractivity contribution < 1.29 is 18.7 Å². The van der Waals surface area contributed by atoms with E-state index in [0.717, 1.165) is 28.8 Å². The van der Waals surface area contributed by atoms with Gasteiger partial charge in [0.2, 0.25) is 5.89 Å². The van der Waals surface area contributed by atoms with E-state index < -0.39 is 18.5 Å². The second-order valence-corrected chi connectivity index (χ2v) is 7.53. The SMILES string of the molecule is CCc1cccc(C)c1NC(=O)COC(=O)c1ccccc1-c1ncc(-c2ccccc2)o1. The normalized spacial score (nSPS) is 10.6. The van der Waals surface area contributed by atoms with Gasteiger partial charge >= 0.3 is 5.97 Å². The number of nitrogens with one attached hydrogen (secondary N) is 1. The van der Waals surface area contributed by atoms with E-state index in [-0.39, 0.29) is 5.56 Å². The monoisotopic (exact) mass is 440 g/mol. The first-order chi connectivity index (χ1) is 16.1. The highest BCUT2D eigenvalue weighted by molar-refractivity contribution is 5.99. The largest absolute Gasteiger partial charge is 0.452 e. The standard InChI is InChI=1S/C27H24N2O4/c1-3-19-13-9-10-18(2)25(19)29-24(30)17-32-27(31)22-15-8-7-14-21(22)26-28-16-23(33-26)20-11-5-4-6-12-20/h4-16H,3,17H2,1-2H3,(H,29,30). The number of rotatable bonds is 7. The smallest absolute Gasteiger partial charge is 0.339 e. The van der Waals surface area contributed by atoms with Crippen molar-refractivity contribution in [3.05, 3.63) is 95.7 Å². The Morgan fingerprint density at radius 2 is 1.73 bits per heavy atom. The second kappa shape index (κ2) is 9.96. The Balaban J connectivity index is 1.47. The van der Waals surface area contributed by atoms with Gasteiger partial charge in [-0.05, 0) is 36.6 Å². The number of aromatic nitrogens is 1. The van der Waals surface area contributed by atoms with Crippen LogP contribution in [-0.2, 0) is 16.0 Å². The van der Waals surface area contributed by atoms with E-state index in [0.29, 0.717) is 17.2 Å². The molecule has 0 bridgehead atoms. The van der Waals surface area contributed by atoms with Crippen LogP contribution in [0.2, 0.25) is 0 Å². The summed E-state index contributed by atoms with van der Waals surface area (Å²) >= 11 is 0. The van der Waals surface area contributed by atoms with Gasteiger partial charge in [0.1, 0.15) is 0 Å². The summed E-state index contributed by atoms with van der Waals surface area (Å²) in [7, 11) is 0. The van der Waals surface area contributed by atoms with Crippen molar-refractivity contribution in [2.45, 2.75) is 20.3 Å². The number of esters is 1. The number of aryl methyl sites for hydroxylation is 2. The number of para-hydroxylation sites is 1. The number of benzene rings is 3. The summed E-state index contributed by atoms with van der Waals surface area (Å²) in [5.74, 6) is -0.121. The molecule has 166 valence electrons. The number of anilines is 1. The van der Waals surface area contributed by atoms with Gasteiger partial charge in [-0.15, -0.1) is 0 Å². The van der Waals surface area contributed by atoms with Gasteiger partial charge in [0.25, 0.3) is 5.91 Å². The molecule has 1 N–H and O–H groups in total. The molecular formula is C27H24N2O4. The van der Waals surface area contributed by atoms with Crippen LogP contribution in [-0.4, -0.2) is 23.5 Å². The van der Waals surface area contributed by atoms with Gasteiger partial charge in [0, 0.05) is 11.3 Å². The Morgan fingerprint density at radius 1 is 0.970 bits per heavy atom. The first kappa shape index (κ1) is 22.0. The zero-order valence-corrected chi connectivity index (χ0v) is 18.5. The van der Waals surface area contributed by atoms with Crippen LogP contribution in [0.5, 0.6) is 0 Å². The molecule has 0 radical (unpaired) electrons. The number of carbonyl (C=O) groups excluding carboxylic acids is 2. The third kappa shape index (κ3) is 5.01. The van der Waals surface area contributed by atoms with Crippen LogP contribution in [0, 0.1) is 6.92 Å². The van der Waals surface area contributed by atoms with Crippen LogP contribution in [0.25, 0.3) is 22.8 Å².